The van der Waals surface area contributed by atoms with Crippen molar-refractivity contribution in [2.75, 3.05) is 4.90 Å². The summed E-state index contributed by atoms with van der Waals surface area (Å²) < 4.78 is 0. The zero-order valence-electron chi connectivity index (χ0n) is 11.3. The lowest BCUT2D eigenvalue weighted by Gasteiger charge is -2.32. The topological polar surface area (TPSA) is 39.4 Å². The Bertz CT molecular complexity index is 783. The minimum atomic E-state index is 0.250. The van der Waals surface area contributed by atoms with E-state index in [-0.39, 0.29) is 6.04 Å². The van der Waals surface area contributed by atoms with Crippen LogP contribution in [0.3, 0.4) is 0 Å². The highest BCUT2D eigenvalue weighted by Crippen LogP contribution is 2.45. The Labute approximate surface area is 121 Å². The molecule has 1 aromatic rings. The maximum Gasteiger partial charge on any atom is 0.152 e. The van der Waals surface area contributed by atoms with Crippen LogP contribution < -0.4 is 4.90 Å². The summed E-state index contributed by atoms with van der Waals surface area (Å²) in [5.74, 6) is 0.829. The minimum Gasteiger partial charge on any atom is -0.314 e. The van der Waals surface area contributed by atoms with E-state index in [2.05, 4.69) is 41.5 Å². The molecule has 1 aliphatic carbocycles. The van der Waals surface area contributed by atoms with Gasteiger partial charge < -0.3 is 4.90 Å². The zero-order valence-corrected chi connectivity index (χ0v) is 12.2. The molecule has 20 heavy (non-hydrogen) atoms. The van der Waals surface area contributed by atoms with E-state index in [4.69, 9.17) is 4.99 Å². The van der Waals surface area contributed by atoms with Gasteiger partial charge in [-0.2, -0.15) is 5.26 Å². The molecule has 3 aliphatic rings. The van der Waals surface area contributed by atoms with E-state index in [0.717, 1.165) is 23.5 Å². The lowest BCUT2D eigenvalue weighted by molar-refractivity contribution is 0.752. The monoisotopic (exact) mass is 279 g/mol. The minimum absolute atomic E-state index is 0.250. The normalized spacial score (nSPS) is 23.4. The summed E-state index contributed by atoms with van der Waals surface area (Å²) >= 11 is 1.70. The fourth-order valence-corrected chi connectivity index (χ4v) is 4.02. The van der Waals surface area contributed by atoms with E-state index < -0.39 is 0 Å². The van der Waals surface area contributed by atoms with Crippen molar-refractivity contribution < 1.29 is 0 Å². The van der Waals surface area contributed by atoms with Crippen molar-refractivity contribution in [2.24, 2.45) is 4.99 Å². The molecular formula is C16H13N3S. The molecule has 0 spiro atoms. The predicted molar refractivity (Wildman–Crippen MR) is 82.7 cm³/mol. The number of amidine groups is 1. The fourth-order valence-electron chi connectivity index (χ4n) is 3.12. The summed E-state index contributed by atoms with van der Waals surface area (Å²) in [7, 11) is 0. The van der Waals surface area contributed by atoms with E-state index >= 15 is 0 Å². The molecular weight excluding hydrogens is 266 g/mol. The van der Waals surface area contributed by atoms with Crippen molar-refractivity contribution in [2.45, 2.75) is 26.3 Å². The van der Waals surface area contributed by atoms with Crippen LogP contribution in [-0.2, 0) is 0 Å². The largest absolute Gasteiger partial charge is 0.314 e. The van der Waals surface area contributed by atoms with Crippen LogP contribution in [0.1, 0.15) is 25.1 Å². The Kier molecular flexibility index (Phi) is 2.30. The fraction of sp³-hybridized carbons (Fsp3) is 0.250. The molecule has 4 rings (SSSR count). The molecule has 1 unspecified atom stereocenters. The zero-order chi connectivity index (χ0) is 13.9. The smallest absolute Gasteiger partial charge is 0.152 e. The van der Waals surface area contributed by atoms with Crippen LogP contribution in [0, 0.1) is 11.3 Å². The summed E-state index contributed by atoms with van der Waals surface area (Å²) in [6.45, 7) is 4.17. The van der Waals surface area contributed by atoms with Crippen LogP contribution in [-0.4, -0.2) is 11.9 Å². The highest BCUT2D eigenvalue weighted by atomic mass is 32.1. The molecule has 3 heterocycles. The molecule has 0 saturated carbocycles. The Morgan fingerprint density at radius 3 is 3.05 bits per heavy atom. The van der Waals surface area contributed by atoms with Crippen LogP contribution in [0.4, 0.5) is 5.69 Å². The average Bonchev–Trinajstić information content (AvgIpc) is 3.02. The van der Waals surface area contributed by atoms with Gasteiger partial charge in [0.05, 0.1) is 27.9 Å². The molecule has 0 fully saturated rings. The van der Waals surface area contributed by atoms with Gasteiger partial charge in [0.15, 0.2) is 5.84 Å². The lowest BCUT2D eigenvalue weighted by atomic mass is 9.95. The lowest BCUT2D eigenvalue weighted by Crippen LogP contribution is -2.39. The molecule has 0 saturated heterocycles. The first-order valence-electron chi connectivity index (χ1n) is 6.65. The molecule has 4 heteroatoms. The quantitative estimate of drug-likeness (QED) is 0.723. The molecule has 98 valence electrons. The Hall–Kier alpha value is -2.12. The van der Waals surface area contributed by atoms with Crippen LogP contribution in [0.25, 0.3) is 5.57 Å². The maximum atomic E-state index is 9.51. The molecule has 0 N–H and O–H groups in total. The maximum absolute atomic E-state index is 9.51. The number of hydrogen-bond donors (Lipinski definition) is 0. The highest BCUT2D eigenvalue weighted by molar-refractivity contribution is 7.11. The number of aliphatic imine (C=N–C) groups is 1. The number of thiophene rings is 1. The molecule has 0 aromatic carbocycles. The number of nitrogens with zero attached hydrogens (tertiary/aromatic N) is 3. The van der Waals surface area contributed by atoms with Crippen molar-refractivity contribution in [3.63, 3.8) is 0 Å². The molecule has 0 bridgehead atoms. The summed E-state index contributed by atoms with van der Waals surface area (Å²) in [5, 5.41) is 11.6. The Morgan fingerprint density at radius 2 is 2.25 bits per heavy atom. The van der Waals surface area contributed by atoms with Gasteiger partial charge in [-0.1, -0.05) is 11.6 Å². The number of allylic oxidation sites excluding steroid dienone is 3. The number of rotatable bonds is 0. The van der Waals surface area contributed by atoms with Crippen molar-refractivity contribution in [1.82, 2.24) is 0 Å². The van der Waals surface area contributed by atoms with Gasteiger partial charge in [0.1, 0.15) is 6.07 Å². The van der Waals surface area contributed by atoms with Crippen molar-refractivity contribution in [3.8, 4) is 6.07 Å². The molecule has 2 aliphatic heterocycles. The Morgan fingerprint density at radius 1 is 1.40 bits per heavy atom. The standard InChI is InChI=1S/C16H13N3S/c1-9-3-4-12-14(7-9)19-13-5-6-20-15(13)10(2)11(8-17)16(19)18-12/h3-6,14H,7H2,1-2H3. The summed E-state index contributed by atoms with van der Waals surface area (Å²) in [6, 6.07) is 4.74. The Balaban J connectivity index is 1.97. The second-order valence-corrected chi connectivity index (χ2v) is 6.29. The molecule has 1 atom stereocenters. The van der Waals surface area contributed by atoms with E-state index in [1.54, 1.807) is 11.3 Å². The first-order chi connectivity index (χ1) is 9.70. The van der Waals surface area contributed by atoms with Gasteiger partial charge in [0.25, 0.3) is 0 Å². The van der Waals surface area contributed by atoms with Gasteiger partial charge >= 0.3 is 0 Å². The second kappa shape index (κ2) is 3.94. The summed E-state index contributed by atoms with van der Waals surface area (Å²) in [6.07, 6.45) is 5.20. The van der Waals surface area contributed by atoms with Crippen LogP contribution in [0.15, 0.2) is 45.4 Å². The molecule has 0 amide bonds. The van der Waals surface area contributed by atoms with Crippen molar-refractivity contribution >= 4 is 28.4 Å². The van der Waals surface area contributed by atoms with Crippen LogP contribution in [0.2, 0.25) is 0 Å². The first-order valence-corrected chi connectivity index (χ1v) is 7.53. The van der Waals surface area contributed by atoms with Crippen LogP contribution in [0.5, 0.6) is 0 Å². The number of fused-ring (bicyclic) bond motifs is 5. The van der Waals surface area contributed by atoms with Crippen molar-refractivity contribution in [3.05, 3.63) is 45.3 Å². The SMILES string of the molecule is CC1=CC=C2N=C3C(C#N)=C(C)c4sccc4N3C2C1. The average molecular weight is 279 g/mol. The van der Waals surface area contributed by atoms with Crippen LogP contribution >= 0.6 is 11.3 Å². The van der Waals surface area contributed by atoms with Gasteiger partial charge in [-0.05, 0) is 43.4 Å². The van der Waals surface area contributed by atoms with Gasteiger partial charge in [-0.15, -0.1) is 11.3 Å². The van der Waals surface area contributed by atoms with E-state index in [1.807, 2.05) is 6.92 Å². The third kappa shape index (κ3) is 1.36. The van der Waals surface area contributed by atoms with Gasteiger partial charge in [-0.3, -0.25) is 0 Å². The third-order valence-electron chi connectivity index (χ3n) is 4.13. The van der Waals surface area contributed by atoms with Gasteiger partial charge in [-0.25, -0.2) is 4.99 Å². The second-order valence-electron chi connectivity index (χ2n) is 5.38. The van der Waals surface area contributed by atoms with Crippen molar-refractivity contribution in [1.29, 1.82) is 5.26 Å². The number of hydrogen-bond acceptors (Lipinski definition) is 4. The molecule has 1 aromatic heterocycles. The number of anilines is 1. The first kappa shape index (κ1) is 11.7. The third-order valence-corrected chi connectivity index (χ3v) is 5.15. The van der Waals surface area contributed by atoms with E-state index in [1.165, 1.54) is 16.1 Å². The molecule has 3 nitrogen and oxygen atoms in total. The summed E-state index contributed by atoms with van der Waals surface area (Å²) in [4.78, 5) is 8.18. The van der Waals surface area contributed by atoms with Gasteiger partial charge in [0.2, 0.25) is 0 Å². The van der Waals surface area contributed by atoms with Gasteiger partial charge in [0, 0.05) is 0 Å². The number of nitriles is 1. The summed E-state index contributed by atoms with van der Waals surface area (Å²) in [5.41, 5.74) is 5.40. The van der Waals surface area contributed by atoms with E-state index in [9.17, 15) is 5.26 Å². The van der Waals surface area contributed by atoms with E-state index in [0.29, 0.717) is 5.57 Å². The highest BCUT2D eigenvalue weighted by Gasteiger charge is 2.40. The predicted octanol–water partition coefficient (Wildman–Crippen LogP) is 3.88. The molecule has 0 radical (unpaired) electrons.